The van der Waals surface area contributed by atoms with E-state index in [9.17, 15) is 10.1 Å². The molecule has 0 aromatic heterocycles. The number of dihydropyridines is 1. The molecule has 1 aromatic rings. The van der Waals surface area contributed by atoms with Gasteiger partial charge in [0.25, 0.3) is 0 Å². The fourth-order valence-corrected chi connectivity index (χ4v) is 2.50. The Bertz CT molecular complexity index is 636. The number of hydrogen-bond donors (Lipinski definition) is 1. The Balaban J connectivity index is 2.63. The van der Waals surface area contributed by atoms with Gasteiger partial charge in [-0.15, -0.1) is 0 Å². The fourth-order valence-electron chi connectivity index (χ4n) is 2.50. The second-order valence-electron chi connectivity index (χ2n) is 4.65. The van der Waals surface area contributed by atoms with Gasteiger partial charge in [-0.3, -0.25) is 0 Å². The zero-order valence-electron chi connectivity index (χ0n) is 11.7. The highest BCUT2D eigenvalue weighted by atomic mass is 16.5. The summed E-state index contributed by atoms with van der Waals surface area (Å²) in [6, 6.07) is 11.7. The summed E-state index contributed by atoms with van der Waals surface area (Å²) in [6.07, 6.45) is 0. The second-order valence-corrected chi connectivity index (χ2v) is 4.65. The maximum absolute atomic E-state index is 12.1. The summed E-state index contributed by atoms with van der Waals surface area (Å²) in [5.41, 5.74) is 3.43. The standard InChI is InChI=1S/C16H16N2O2/c1-10-13(9-17)15(12-7-5-4-6-8-12)14(11(2)18-10)16(19)20-3/h4-8,15,18H,1-3H3/t15-/m1/s1. The number of ether oxygens (including phenoxy) is 1. The van der Waals surface area contributed by atoms with E-state index in [1.807, 2.05) is 44.2 Å². The van der Waals surface area contributed by atoms with Crippen molar-refractivity contribution in [1.29, 1.82) is 5.26 Å². The van der Waals surface area contributed by atoms with Gasteiger partial charge in [-0.2, -0.15) is 5.26 Å². The lowest BCUT2D eigenvalue weighted by molar-refractivity contribution is -0.136. The SMILES string of the molecule is COC(=O)C1=C(C)NC(C)=C(C#N)[C@H]1c1ccccc1. The van der Waals surface area contributed by atoms with Crippen LogP contribution >= 0.6 is 0 Å². The molecule has 1 heterocycles. The molecule has 2 rings (SSSR count). The van der Waals surface area contributed by atoms with Gasteiger partial charge < -0.3 is 10.1 Å². The third-order valence-electron chi connectivity index (χ3n) is 3.42. The van der Waals surface area contributed by atoms with Crippen LogP contribution < -0.4 is 5.32 Å². The summed E-state index contributed by atoms with van der Waals surface area (Å²) in [5, 5.41) is 12.5. The minimum Gasteiger partial charge on any atom is -0.466 e. The molecule has 1 N–H and O–H groups in total. The van der Waals surface area contributed by atoms with Crippen molar-refractivity contribution in [2.45, 2.75) is 19.8 Å². The number of hydrogen-bond acceptors (Lipinski definition) is 4. The first-order chi connectivity index (χ1) is 9.60. The van der Waals surface area contributed by atoms with Crippen LogP contribution in [0.15, 0.2) is 52.9 Å². The molecule has 0 bridgehead atoms. The van der Waals surface area contributed by atoms with E-state index in [-0.39, 0.29) is 5.92 Å². The average Bonchev–Trinajstić information content (AvgIpc) is 2.46. The molecule has 0 amide bonds. The molecule has 0 fully saturated rings. The quantitative estimate of drug-likeness (QED) is 0.837. The minimum absolute atomic E-state index is 0.380. The summed E-state index contributed by atoms with van der Waals surface area (Å²) >= 11 is 0. The first-order valence-corrected chi connectivity index (χ1v) is 6.32. The molecule has 1 atom stereocenters. The summed E-state index contributed by atoms with van der Waals surface area (Å²) in [4.78, 5) is 12.1. The molecule has 0 aliphatic carbocycles. The van der Waals surface area contributed by atoms with Crippen LogP contribution in [0.4, 0.5) is 0 Å². The maximum Gasteiger partial charge on any atom is 0.336 e. The molecule has 1 aliphatic rings. The third kappa shape index (κ3) is 2.30. The van der Waals surface area contributed by atoms with E-state index in [0.717, 1.165) is 17.0 Å². The van der Waals surface area contributed by atoms with Crippen LogP contribution in [0, 0.1) is 11.3 Å². The maximum atomic E-state index is 12.1. The monoisotopic (exact) mass is 268 g/mol. The summed E-state index contributed by atoms with van der Waals surface area (Å²) in [6.45, 7) is 3.66. The Hall–Kier alpha value is -2.54. The van der Waals surface area contributed by atoms with Crippen LogP contribution in [0.5, 0.6) is 0 Å². The Morgan fingerprint density at radius 2 is 1.90 bits per heavy atom. The summed E-state index contributed by atoms with van der Waals surface area (Å²) < 4.78 is 4.87. The summed E-state index contributed by atoms with van der Waals surface area (Å²) in [5.74, 6) is -0.793. The molecule has 20 heavy (non-hydrogen) atoms. The largest absolute Gasteiger partial charge is 0.466 e. The van der Waals surface area contributed by atoms with Crippen molar-refractivity contribution in [3.63, 3.8) is 0 Å². The molecule has 0 saturated carbocycles. The molecular weight excluding hydrogens is 252 g/mol. The number of nitrogens with one attached hydrogen (secondary N) is 1. The van der Waals surface area contributed by atoms with Gasteiger partial charge in [0.05, 0.1) is 30.2 Å². The number of carbonyl (C=O) groups is 1. The highest BCUT2D eigenvalue weighted by molar-refractivity contribution is 5.92. The van der Waals surface area contributed by atoms with Crippen LogP contribution in [-0.4, -0.2) is 13.1 Å². The smallest absolute Gasteiger partial charge is 0.336 e. The average molecular weight is 268 g/mol. The van der Waals surface area contributed by atoms with Gasteiger partial charge in [0.1, 0.15) is 0 Å². The molecule has 102 valence electrons. The molecule has 0 unspecified atom stereocenters. The lowest BCUT2D eigenvalue weighted by Crippen LogP contribution is -2.28. The first kappa shape index (κ1) is 13.9. The van der Waals surface area contributed by atoms with Crippen molar-refractivity contribution < 1.29 is 9.53 Å². The molecule has 1 aromatic carbocycles. The number of benzene rings is 1. The lowest BCUT2D eigenvalue weighted by atomic mass is 9.81. The molecule has 0 spiro atoms. The normalized spacial score (nSPS) is 18.4. The number of rotatable bonds is 2. The number of methoxy groups -OCH3 is 1. The Morgan fingerprint density at radius 3 is 2.45 bits per heavy atom. The van der Waals surface area contributed by atoms with Crippen LogP contribution in [0.2, 0.25) is 0 Å². The number of nitriles is 1. The van der Waals surface area contributed by atoms with E-state index in [1.165, 1.54) is 7.11 Å². The molecule has 1 aliphatic heterocycles. The number of esters is 1. The number of allylic oxidation sites excluding steroid dienone is 3. The van der Waals surface area contributed by atoms with Gasteiger partial charge in [0.2, 0.25) is 0 Å². The minimum atomic E-state index is -0.413. The highest BCUT2D eigenvalue weighted by Crippen LogP contribution is 2.37. The van der Waals surface area contributed by atoms with Crippen LogP contribution in [0.25, 0.3) is 0 Å². The van der Waals surface area contributed by atoms with Crippen LogP contribution in [0.3, 0.4) is 0 Å². The van der Waals surface area contributed by atoms with Gasteiger partial charge in [0, 0.05) is 11.4 Å². The molecule has 4 heteroatoms. The van der Waals surface area contributed by atoms with Gasteiger partial charge in [0.15, 0.2) is 0 Å². The Labute approximate surface area is 118 Å². The van der Waals surface area contributed by atoms with E-state index in [2.05, 4.69) is 11.4 Å². The predicted molar refractivity (Wildman–Crippen MR) is 75.3 cm³/mol. The molecule has 4 nitrogen and oxygen atoms in total. The predicted octanol–water partition coefficient (Wildman–Crippen LogP) is 2.62. The molecule has 0 radical (unpaired) electrons. The first-order valence-electron chi connectivity index (χ1n) is 6.32. The number of nitrogens with zero attached hydrogens (tertiary/aromatic N) is 1. The van der Waals surface area contributed by atoms with Gasteiger partial charge >= 0.3 is 5.97 Å². The van der Waals surface area contributed by atoms with E-state index in [1.54, 1.807) is 0 Å². The topological polar surface area (TPSA) is 62.1 Å². The van der Waals surface area contributed by atoms with Crippen LogP contribution in [-0.2, 0) is 9.53 Å². The van der Waals surface area contributed by atoms with E-state index in [0.29, 0.717) is 11.1 Å². The van der Waals surface area contributed by atoms with Crippen LogP contribution in [0.1, 0.15) is 25.3 Å². The van der Waals surface area contributed by atoms with Gasteiger partial charge in [-0.1, -0.05) is 30.3 Å². The van der Waals surface area contributed by atoms with Gasteiger partial charge in [-0.25, -0.2) is 4.79 Å². The Morgan fingerprint density at radius 1 is 1.25 bits per heavy atom. The molecule has 0 saturated heterocycles. The van der Waals surface area contributed by atoms with E-state index < -0.39 is 5.97 Å². The number of carbonyl (C=O) groups excluding carboxylic acids is 1. The van der Waals surface area contributed by atoms with Crippen molar-refractivity contribution >= 4 is 5.97 Å². The van der Waals surface area contributed by atoms with Gasteiger partial charge in [-0.05, 0) is 19.4 Å². The van der Waals surface area contributed by atoms with Crippen molar-refractivity contribution in [2.24, 2.45) is 0 Å². The lowest BCUT2D eigenvalue weighted by Gasteiger charge is -2.28. The van der Waals surface area contributed by atoms with Crippen molar-refractivity contribution in [2.75, 3.05) is 7.11 Å². The Kier molecular flexibility index (Phi) is 3.90. The highest BCUT2D eigenvalue weighted by Gasteiger charge is 2.33. The summed E-state index contributed by atoms with van der Waals surface area (Å²) in [7, 11) is 1.35. The van der Waals surface area contributed by atoms with E-state index in [4.69, 9.17) is 4.74 Å². The van der Waals surface area contributed by atoms with E-state index >= 15 is 0 Å². The van der Waals surface area contributed by atoms with Crippen molar-refractivity contribution in [3.05, 3.63) is 58.4 Å². The van der Waals surface area contributed by atoms with Crippen molar-refractivity contribution in [3.8, 4) is 6.07 Å². The zero-order chi connectivity index (χ0) is 14.7. The third-order valence-corrected chi connectivity index (χ3v) is 3.42. The second kappa shape index (κ2) is 5.62. The molecular formula is C16H16N2O2. The van der Waals surface area contributed by atoms with Crippen molar-refractivity contribution in [1.82, 2.24) is 5.32 Å². The fraction of sp³-hybridized carbons (Fsp3) is 0.250. The zero-order valence-corrected chi connectivity index (χ0v) is 11.7.